The fourth-order valence-corrected chi connectivity index (χ4v) is 2.77. The van der Waals surface area contributed by atoms with Crippen LogP contribution in [0.3, 0.4) is 0 Å². The van der Waals surface area contributed by atoms with E-state index in [4.69, 9.17) is 10.5 Å². The number of nitrogens with zero attached hydrogens (tertiary/aromatic N) is 2. The number of methoxy groups -OCH3 is 1. The van der Waals surface area contributed by atoms with Crippen molar-refractivity contribution in [2.45, 2.75) is 0 Å². The lowest BCUT2D eigenvalue weighted by Crippen LogP contribution is -2.46. The molecule has 21 heavy (non-hydrogen) atoms. The summed E-state index contributed by atoms with van der Waals surface area (Å²) in [5.41, 5.74) is 9.12. The summed E-state index contributed by atoms with van der Waals surface area (Å²) in [4.78, 5) is 4.78. The van der Waals surface area contributed by atoms with Crippen LogP contribution in [-0.2, 0) is 0 Å². The van der Waals surface area contributed by atoms with Crippen LogP contribution in [0.5, 0.6) is 5.75 Å². The minimum Gasteiger partial charge on any atom is -0.497 e. The first-order valence-electron chi connectivity index (χ1n) is 7.26. The van der Waals surface area contributed by atoms with Gasteiger partial charge in [-0.05, 0) is 18.2 Å². The van der Waals surface area contributed by atoms with Gasteiger partial charge >= 0.3 is 0 Å². The summed E-state index contributed by atoms with van der Waals surface area (Å²) in [5.74, 6) is 0.815. The van der Waals surface area contributed by atoms with Crippen molar-refractivity contribution in [3.63, 3.8) is 0 Å². The molecule has 0 bridgehead atoms. The highest BCUT2D eigenvalue weighted by Gasteiger charge is 2.18. The molecule has 1 aliphatic heterocycles. The molecule has 0 radical (unpaired) electrons. The van der Waals surface area contributed by atoms with Gasteiger partial charge in [-0.15, -0.1) is 0 Å². The Hall–Kier alpha value is -2.36. The van der Waals surface area contributed by atoms with E-state index in [0.29, 0.717) is 0 Å². The minimum absolute atomic E-state index is 0.745. The molecule has 0 unspecified atom stereocenters. The number of anilines is 3. The topological polar surface area (TPSA) is 41.7 Å². The first-order valence-corrected chi connectivity index (χ1v) is 7.26. The average Bonchev–Trinajstić information content (AvgIpc) is 2.55. The Morgan fingerprint density at radius 2 is 1.48 bits per heavy atom. The van der Waals surface area contributed by atoms with E-state index in [-0.39, 0.29) is 0 Å². The van der Waals surface area contributed by atoms with Crippen molar-refractivity contribution >= 4 is 17.1 Å². The normalized spacial score (nSPS) is 15.1. The molecule has 1 fully saturated rings. The maximum absolute atomic E-state index is 5.94. The number of ether oxygens (including phenoxy) is 1. The van der Waals surface area contributed by atoms with Crippen molar-refractivity contribution in [1.82, 2.24) is 0 Å². The Labute approximate surface area is 125 Å². The summed E-state index contributed by atoms with van der Waals surface area (Å²) < 4.78 is 5.30. The Morgan fingerprint density at radius 1 is 0.857 bits per heavy atom. The lowest BCUT2D eigenvalue weighted by molar-refractivity contribution is 0.415. The summed E-state index contributed by atoms with van der Waals surface area (Å²) in [6, 6.07) is 16.5. The van der Waals surface area contributed by atoms with Crippen LogP contribution in [0.2, 0.25) is 0 Å². The number of piperazine rings is 1. The Bertz CT molecular complexity index is 592. The van der Waals surface area contributed by atoms with Crippen LogP contribution in [0, 0.1) is 0 Å². The van der Waals surface area contributed by atoms with E-state index in [1.54, 1.807) is 7.11 Å². The Balaban J connectivity index is 1.70. The highest BCUT2D eigenvalue weighted by atomic mass is 16.5. The van der Waals surface area contributed by atoms with Gasteiger partial charge in [-0.3, -0.25) is 0 Å². The molecule has 0 saturated carbocycles. The van der Waals surface area contributed by atoms with Gasteiger partial charge in [-0.1, -0.05) is 18.2 Å². The second kappa shape index (κ2) is 5.95. The van der Waals surface area contributed by atoms with Gasteiger partial charge in [-0.25, -0.2) is 0 Å². The standard InChI is InChI=1S/C17H21N3O/c1-21-17-12-14(18)11-16(13-17)20-9-7-19(8-10-20)15-5-3-2-4-6-15/h2-6,11-13H,7-10,18H2,1H3. The van der Waals surface area contributed by atoms with E-state index in [2.05, 4.69) is 46.2 Å². The number of para-hydroxylation sites is 1. The average molecular weight is 283 g/mol. The third-order valence-electron chi connectivity index (χ3n) is 3.92. The molecule has 1 aliphatic rings. The largest absolute Gasteiger partial charge is 0.497 e. The quantitative estimate of drug-likeness (QED) is 0.879. The summed E-state index contributed by atoms with van der Waals surface area (Å²) >= 11 is 0. The zero-order chi connectivity index (χ0) is 14.7. The second-order valence-electron chi connectivity index (χ2n) is 5.27. The van der Waals surface area contributed by atoms with Gasteiger partial charge in [0.2, 0.25) is 0 Å². The van der Waals surface area contributed by atoms with Crippen LogP contribution in [0.1, 0.15) is 0 Å². The molecule has 0 atom stereocenters. The highest BCUT2D eigenvalue weighted by molar-refractivity contribution is 5.61. The van der Waals surface area contributed by atoms with Gasteiger partial charge in [0.05, 0.1) is 7.11 Å². The van der Waals surface area contributed by atoms with E-state index in [1.165, 1.54) is 5.69 Å². The molecular formula is C17H21N3O. The molecule has 0 aliphatic carbocycles. The maximum Gasteiger partial charge on any atom is 0.122 e. The van der Waals surface area contributed by atoms with Gasteiger partial charge < -0.3 is 20.3 Å². The molecule has 2 N–H and O–H groups in total. The summed E-state index contributed by atoms with van der Waals surface area (Å²) in [5, 5.41) is 0. The summed E-state index contributed by atoms with van der Waals surface area (Å²) in [6.45, 7) is 4.01. The minimum atomic E-state index is 0.745. The Morgan fingerprint density at radius 3 is 2.10 bits per heavy atom. The van der Waals surface area contributed by atoms with Crippen molar-refractivity contribution in [1.29, 1.82) is 0 Å². The van der Waals surface area contributed by atoms with Gasteiger partial charge in [0.15, 0.2) is 0 Å². The van der Waals surface area contributed by atoms with Crippen molar-refractivity contribution in [2.75, 3.05) is 48.8 Å². The molecule has 1 heterocycles. The number of nitrogen functional groups attached to an aromatic ring is 1. The fraction of sp³-hybridized carbons (Fsp3) is 0.294. The molecule has 110 valence electrons. The van der Waals surface area contributed by atoms with Gasteiger partial charge in [0.1, 0.15) is 5.75 Å². The third kappa shape index (κ3) is 3.05. The first kappa shape index (κ1) is 13.6. The predicted molar refractivity (Wildman–Crippen MR) is 88.3 cm³/mol. The van der Waals surface area contributed by atoms with E-state index in [0.717, 1.165) is 43.3 Å². The van der Waals surface area contributed by atoms with Crippen LogP contribution in [0.25, 0.3) is 0 Å². The zero-order valence-corrected chi connectivity index (χ0v) is 12.3. The van der Waals surface area contributed by atoms with E-state index in [9.17, 15) is 0 Å². The summed E-state index contributed by atoms with van der Waals surface area (Å²) in [6.07, 6.45) is 0. The van der Waals surface area contributed by atoms with Crippen molar-refractivity contribution in [3.8, 4) is 5.75 Å². The lowest BCUT2D eigenvalue weighted by Gasteiger charge is -2.37. The van der Waals surface area contributed by atoms with Crippen molar-refractivity contribution in [2.24, 2.45) is 0 Å². The predicted octanol–water partition coefficient (Wildman–Crippen LogP) is 2.60. The van der Waals surface area contributed by atoms with Gasteiger partial charge in [-0.2, -0.15) is 0 Å². The van der Waals surface area contributed by atoms with E-state index < -0.39 is 0 Å². The number of hydrogen-bond donors (Lipinski definition) is 1. The first-order chi connectivity index (χ1) is 10.3. The highest BCUT2D eigenvalue weighted by Crippen LogP contribution is 2.27. The van der Waals surface area contributed by atoms with E-state index in [1.807, 2.05) is 12.1 Å². The van der Waals surface area contributed by atoms with Crippen molar-refractivity contribution in [3.05, 3.63) is 48.5 Å². The molecule has 0 aromatic heterocycles. The molecule has 3 rings (SSSR count). The van der Waals surface area contributed by atoms with Crippen LogP contribution in [0.15, 0.2) is 48.5 Å². The molecule has 0 amide bonds. The number of nitrogens with two attached hydrogens (primary N) is 1. The molecular weight excluding hydrogens is 262 g/mol. The number of rotatable bonds is 3. The van der Waals surface area contributed by atoms with Crippen molar-refractivity contribution < 1.29 is 4.74 Å². The van der Waals surface area contributed by atoms with Gasteiger partial charge in [0.25, 0.3) is 0 Å². The summed E-state index contributed by atoms with van der Waals surface area (Å²) in [7, 11) is 1.67. The smallest absolute Gasteiger partial charge is 0.122 e. The molecule has 4 nitrogen and oxygen atoms in total. The molecule has 4 heteroatoms. The number of benzene rings is 2. The van der Waals surface area contributed by atoms with Crippen LogP contribution in [0.4, 0.5) is 17.1 Å². The Kier molecular flexibility index (Phi) is 3.86. The maximum atomic E-state index is 5.94. The SMILES string of the molecule is COc1cc(N)cc(N2CCN(c3ccccc3)CC2)c1. The molecule has 2 aromatic carbocycles. The molecule has 0 spiro atoms. The van der Waals surface area contributed by atoms with Crippen LogP contribution < -0.4 is 20.3 Å². The monoisotopic (exact) mass is 283 g/mol. The third-order valence-corrected chi connectivity index (χ3v) is 3.92. The fourth-order valence-electron chi connectivity index (χ4n) is 2.77. The molecule has 1 saturated heterocycles. The molecule has 2 aromatic rings. The van der Waals surface area contributed by atoms with Crippen LogP contribution in [-0.4, -0.2) is 33.3 Å². The lowest BCUT2D eigenvalue weighted by atomic mass is 10.2. The second-order valence-corrected chi connectivity index (χ2v) is 5.27. The number of hydrogen-bond acceptors (Lipinski definition) is 4. The van der Waals surface area contributed by atoms with Gasteiger partial charge in [0, 0.05) is 55.4 Å². The van der Waals surface area contributed by atoms with E-state index >= 15 is 0 Å². The van der Waals surface area contributed by atoms with Crippen LogP contribution >= 0.6 is 0 Å². The zero-order valence-electron chi connectivity index (χ0n) is 12.3.